The molecule has 2 aliphatic rings. The van der Waals surface area contributed by atoms with E-state index in [0.29, 0.717) is 11.8 Å². The first kappa shape index (κ1) is 22.7. The first-order valence-electron chi connectivity index (χ1n) is 12.5. The molecule has 1 aliphatic carbocycles. The first-order chi connectivity index (χ1) is 15.0. The van der Waals surface area contributed by atoms with E-state index in [2.05, 4.69) is 44.2 Å². The molecule has 0 spiro atoms. The normalized spacial score (nSPS) is 30.1. The van der Waals surface area contributed by atoms with Crippen molar-refractivity contribution in [2.24, 2.45) is 17.8 Å². The van der Waals surface area contributed by atoms with Gasteiger partial charge in [0.1, 0.15) is 0 Å². The lowest BCUT2D eigenvalue weighted by Crippen LogP contribution is -2.51. The van der Waals surface area contributed by atoms with Crippen LogP contribution >= 0.6 is 0 Å². The van der Waals surface area contributed by atoms with Crippen molar-refractivity contribution in [3.63, 3.8) is 0 Å². The highest BCUT2D eigenvalue weighted by atomic mass is 28.3. The van der Waals surface area contributed by atoms with Gasteiger partial charge in [0.15, 0.2) is 11.6 Å². The van der Waals surface area contributed by atoms with Gasteiger partial charge in [-0.1, -0.05) is 106 Å². The van der Waals surface area contributed by atoms with Crippen LogP contribution in [-0.2, 0) is 0 Å². The molecule has 0 nitrogen and oxygen atoms in total. The van der Waals surface area contributed by atoms with Crippen LogP contribution in [-0.4, -0.2) is 8.07 Å². The molecule has 31 heavy (non-hydrogen) atoms. The number of hydrogen-bond acceptors (Lipinski definition) is 0. The van der Waals surface area contributed by atoms with Crippen LogP contribution in [0.5, 0.6) is 0 Å². The summed E-state index contributed by atoms with van der Waals surface area (Å²) in [5.41, 5.74) is 0.977. The minimum Gasteiger partial charge on any atom is -0.204 e. The molecule has 0 N–H and O–H groups in total. The van der Waals surface area contributed by atoms with Crippen molar-refractivity contribution in [2.75, 3.05) is 0 Å². The van der Waals surface area contributed by atoms with E-state index < -0.39 is 19.7 Å². The zero-order valence-corrected chi connectivity index (χ0v) is 20.3. The second-order valence-electron chi connectivity index (χ2n) is 10.3. The van der Waals surface area contributed by atoms with E-state index in [9.17, 15) is 8.78 Å². The van der Waals surface area contributed by atoms with Gasteiger partial charge in [-0.2, -0.15) is 0 Å². The van der Waals surface area contributed by atoms with Crippen molar-refractivity contribution in [2.45, 2.75) is 82.8 Å². The highest BCUT2D eigenvalue weighted by Gasteiger charge is 2.43. The average molecular weight is 441 g/mol. The van der Waals surface area contributed by atoms with Crippen molar-refractivity contribution in [1.29, 1.82) is 0 Å². The maximum Gasteiger partial charge on any atom is 0.159 e. The summed E-state index contributed by atoms with van der Waals surface area (Å²) in [6.07, 6.45) is 9.19. The van der Waals surface area contributed by atoms with Gasteiger partial charge >= 0.3 is 0 Å². The van der Waals surface area contributed by atoms with Gasteiger partial charge < -0.3 is 0 Å². The van der Waals surface area contributed by atoms with Gasteiger partial charge in [0.25, 0.3) is 0 Å². The molecular weight excluding hydrogens is 402 g/mol. The lowest BCUT2D eigenvalue weighted by Gasteiger charge is -2.46. The Hall–Kier alpha value is -1.48. The largest absolute Gasteiger partial charge is 0.204 e. The number of hydrogen-bond donors (Lipinski definition) is 0. The maximum absolute atomic E-state index is 13.9. The summed E-state index contributed by atoms with van der Waals surface area (Å²) in [4.78, 5) is 0. The molecule has 168 valence electrons. The molecule has 0 bridgehead atoms. The fourth-order valence-corrected chi connectivity index (χ4v) is 12.3. The Kier molecular flexibility index (Phi) is 7.31. The summed E-state index contributed by atoms with van der Waals surface area (Å²) in [5, 5.41) is 1.67. The Morgan fingerprint density at radius 2 is 1.61 bits per heavy atom. The van der Waals surface area contributed by atoms with Crippen LogP contribution in [0.15, 0.2) is 48.5 Å². The molecule has 2 aromatic carbocycles. The molecule has 0 amide bonds. The highest BCUT2D eigenvalue weighted by molar-refractivity contribution is 6.92. The third-order valence-corrected chi connectivity index (χ3v) is 14.2. The minimum absolute atomic E-state index is 0.300. The van der Waals surface area contributed by atoms with Gasteiger partial charge in [0.2, 0.25) is 0 Å². The highest BCUT2D eigenvalue weighted by Crippen LogP contribution is 2.49. The van der Waals surface area contributed by atoms with E-state index in [1.807, 2.05) is 6.07 Å². The zero-order valence-electron chi connectivity index (χ0n) is 19.3. The summed E-state index contributed by atoms with van der Waals surface area (Å²) >= 11 is 0. The fraction of sp³-hybridized carbons (Fsp3) is 0.571. The van der Waals surface area contributed by atoms with Gasteiger partial charge in [-0.3, -0.25) is 0 Å². The monoisotopic (exact) mass is 440 g/mol. The molecule has 2 fully saturated rings. The molecule has 1 heterocycles. The van der Waals surface area contributed by atoms with E-state index in [0.717, 1.165) is 17.4 Å². The van der Waals surface area contributed by atoms with E-state index in [4.69, 9.17) is 0 Å². The average Bonchev–Trinajstić information content (AvgIpc) is 2.82. The number of rotatable bonds is 6. The Bertz CT molecular complexity index is 841. The number of benzene rings is 2. The topological polar surface area (TPSA) is 0 Å². The lowest BCUT2D eigenvalue weighted by molar-refractivity contribution is 0.129. The summed E-state index contributed by atoms with van der Waals surface area (Å²) in [6, 6.07) is 20.2. The Balaban J connectivity index is 1.50. The molecule has 4 rings (SSSR count). The predicted octanol–water partition coefficient (Wildman–Crippen LogP) is 8.05. The number of halogens is 2. The Labute approximate surface area is 188 Å². The van der Waals surface area contributed by atoms with Gasteiger partial charge in [-0.05, 0) is 54.2 Å². The lowest BCUT2D eigenvalue weighted by atomic mass is 9.65. The predicted molar refractivity (Wildman–Crippen MR) is 129 cm³/mol. The van der Waals surface area contributed by atoms with Crippen LogP contribution in [0.4, 0.5) is 8.78 Å². The Morgan fingerprint density at radius 3 is 2.29 bits per heavy atom. The second kappa shape index (κ2) is 9.98. The van der Waals surface area contributed by atoms with Crippen molar-refractivity contribution in [3.05, 3.63) is 65.7 Å². The fourth-order valence-electron chi connectivity index (χ4n) is 7.01. The SMILES string of the molecule is CCC[Si]1(c2ccccc2)CCC(C2CCCCC2C(C)c2ccc(F)c(F)c2)CC1. The third-order valence-electron chi connectivity index (χ3n) is 8.69. The first-order valence-corrected chi connectivity index (χ1v) is 15.2. The van der Waals surface area contributed by atoms with Gasteiger partial charge in [0, 0.05) is 0 Å². The van der Waals surface area contributed by atoms with Crippen LogP contribution in [0, 0.1) is 29.4 Å². The molecule has 3 atom stereocenters. The third kappa shape index (κ3) is 4.82. The molecule has 3 unspecified atom stereocenters. The second-order valence-corrected chi connectivity index (χ2v) is 14.9. The summed E-state index contributed by atoms with van der Waals surface area (Å²) < 4.78 is 27.4. The summed E-state index contributed by atoms with van der Waals surface area (Å²) in [7, 11) is -1.38. The molecule has 1 saturated carbocycles. The van der Waals surface area contributed by atoms with Crippen LogP contribution in [0.25, 0.3) is 0 Å². The van der Waals surface area contributed by atoms with Crippen molar-refractivity contribution < 1.29 is 8.78 Å². The molecule has 0 aromatic heterocycles. The van der Waals surface area contributed by atoms with Crippen LogP contribution in [0.1, 0.15) is 70.3 Å². The summed E-state index contributed by atoms with van der Waals surface area (Å²) in [5.74, 6) is 1.00. The van der Waals surface area contributed by atoms with E-state index in [1.165, 1.54) is 75.2 Å². The van der Waals surface area contributed by atoms with Crippen LogP contribution in [0.3, 0.4) is 0 Å². The zero-order chi connectivity index (χ0) is 21.8. The Morgan fingerprint density at radius 1 is 0.903 bits per heavy atom. The van der Waals surface area contributed by atoms with Gasteiger partial charge in [-0.25, -0.2) is 8.78 Å². The minimum atomic E-state index is -1.38. The maximum atomic E-state index is 13.9. The van der Waals surface area contributed by atoms with E-state index in [-0.39, 0.29) is 0 Å². The van der Waals surface area contributed by atoms with Gasteiger partial charge in [0.05, 0.1) is 8.07 Å². The van der Waals surface area contributed by atoms with E-state index >= 15 is 0 Å². The summed E-state index contributed by atoms with van der Waals surface area (Å²) in [6.45, 7) is 4.60. The van der Waals surface area contributed by atoms with E-state index in [1.54, 1.807) is 5.19 Å². The van der Waals surface area contributed by atoms with Crippen molar-refractivity contribution >= 4 is 13.3 Å². The van der Waals surface area contributed by atoms with Crippen molar-refractivity contribution in [1.82, 2.24) is 0 Å². The molecule has 2 aromatic rings. The quantitative estimate of drug-likeness (QED) is 0.399. The smallest absolute Gasteiger partial charge is 0.159 e. The standard InChI is InChI=1S/C28H38F2Si/c1-3-17-31(24-9-5-4-6-10-24)18-15-22(16-19-31)26-12-8-7-11-25(26)21(2)23-13-14-27(29)28(30)20-23/h4-6,9-10,13-14,20-22,25-26H,3,7-8,11-12,15-19H2,1-2H3. The molecule has 1 saturated heterocycles. The van der Waals surface area contributed by atoms with Gasteiger partial charge in [-0.15, -0.1) is 0 Å². The van der Waals surface area contributed by atoms with Crippen LogP contribution < -0.4 is 5.19 Å². The molecule has 0 radical (unpaired) electrons. The molecule has 1 aliphatic heterocycles. The van der Waals surface area contributed by atoms with Crippen molar-refractivity contribution in [3.8, 4) is 0 Å². The van der Waals surface area contributed by atoms with Crippen LogP contribution in [0.2, 0.25) is 18.1 Å². The molecular formula is C28H38F2Si. The molecule has 3 heteroatoms.